The minimum atomic E-state index is 0.364. The fraction of sp³-hybridized carbons (Fsp3) is 0.692. The molecule has 94 valence electrons. The molecule has 2 N–H and O–H groups in total. The molecule has 1 saturated carbocycles. The summed E-state index contributed by atoms with van der Waals surface area (Å²) in [5.74, 6) is 1.63. The van der Waals surface area contributed by atoms with Gasteiger partial charge in [-0.1, -0.05) is 20.3 Å². The first-order valence-electron chi connectivity index (χ1n) is 6.45. The zero-order valence-corrected chi connectivity index (χ0v) is 11.0. The third kappa shape index (κ3) is 2.87. The largest absolute Gasteiger partial charge is 0.367 e. The molecule has 0 spiro atoms. The van der Waals surface area contributed by atoms with E-state index in [-0.39, 0.29) is 0 Å². The van der Waals surface area contributed by atoms with Crippen LogP contribution in [0.3, 0.4) is 0 Å². The minimum absolute atomic E-state index is 0.364. The third-order valence-corrected chi connectivity index (χ3v) is 3.57. The molecule has 0 aromatic carbocycles. The van der Waals surface area contributed by atoms with Crippen LogP contribution in [0.15, 0.2) is 12.3 Å². The van der Waals surface area contributed by atoms with E-state index in [1.54, 1.807) is 6.20 Å². The van der Waals surface area contributed by atoms with Gasteiger partial charge in [0.15, 0.2) is 0 Å². The van der Waals surface area contributed by atoms with Gasteiger partial charge in [0.1, 0.15) is 5.82 Å². The number of hydrogen-bond acceptors (Lipinski definition) is 4. The van der Waals surface area contributed by atoms with Crippen LogP contribution in [0.2, 0.25) is 0 Å². The molecule has 17 heavy (non-hydrogen) atoms. The van der Waals surface area contributed by atoms with Gasteiger partial charge < -0.3 is 10.6 Å². The molecule has 1 fully saturated rings. The van der Waals surface area contributed by atoms with E-state index >= 15 is 0 Å². The molecule has 1 atom stereocenters. The molecule has 1 aromatic heterocycles. The zero-order valence-electron chi connectivity index (χ0n) is 11.0. The van der Waals surface area contributed by atoms with Crippen molar-refractivity contribution < 1.29 is 0 Å². The van der Waals surface area contributed by atoms with Crippen molar-refractivity contribution in [3.63, 3.8) is 0 Å². The van der Waals surface area contributed by atoms with Crippen molar-refractivity contribution in [2.24, 2.45) is 5.41 Å². The lowest BCUT2D eigenvalue weighted by atomic mass is 9.87. The molecule has 0 radical (unpaired) electrons. The van der Waals surface area contributed by atoms with Gasteiger partial charge in [-0.25, -0.2) is 4.98 Å². The molecule has 0 saturated heterocycles. The smallest absolute Gasteiger partial charge is 0.224 e. The third-order valence-electron chi connectivity index (χ3n) is 3.57. The van der Waals surface area contributed by atoms with E-state index in [1.807, 2.05) is 13.0 Å². The van der Waals surface area contributed by atoms with Gasteiger partial charge in [-0.15, -0.1) is 0 Å². The lowest BCUT2D eigenvalue weighted by Gasteiger charge is -2.28. The maximum Gasteiger partial charge on any atom is 0.224 e. The maximum atomic E-state index is 4.46. The minimum Gasteiger partial charge on any atom is -0.367 e. The summed E-state index contributed by atoms with van der Waals surface area (Å²) in [5.41, 5.74) is 0.364. The standard InChI is InChI=1S/C13H22N4/c1-4-14-12-15-9-7-11(17-12)16-10-6-5-8-13(10,2)3/h7,9-10H,4-6,8H2,1-3H3,(H2,14,15,16,17). The van der Waals surface area contributed by atoms with Gasteiger partial charge in [-0.3, -0.25) is 0 Å². The van der Waals surface area contributed by atoms with Gasteiger partial charge in [0, 0.05) is 18.8 Å². The summed E-state index contributed by atoms with van der Waals surface area (Å²) in [6, 6.07) is 2.46. The fourth-order valence-corrected chi connectivity index (χ4v) is 2.46. The predicted molar refractivity (Wildman–Crippen MR) is 71.2 cm³/mol. The van der Waals surface area contributed by atoms with Crippen LogP contribution in [0.25, 0.3) is 0 Å². The van der Waals surface area contributed by atoms with Crippen LogP contribution >= 0.6 is 0 Å². The molecular weight excluding hydrogens is 212 g/mol. The molecule has 2 rings (SSSR count). The monoisotopic (exact) mass is 234 g/mol. The Bertz CT molecular complexity index is 375. The van der Waals surface area contributed by atoms with Crippen LogP contribution in [-0.4, -0.2) is 22.6 Å². The summed E-state index contributed by atoms with van der Waals surface area (Å²) in [5, 5.41) is 6.67. The summed E-state index contributed by atoms with van der Waals surface area (Å²) in [6.07, 6.45) is 5.62. The summed E-state index contributed by atoms with van der Waals surface area (Å²) < 4.78 is 0. The Labute approximate surface area is 103 Å². The van der Waals surface area contributed by atoms with Crippen molar-refractivity contribution in [1.82, 2.24) is 9.97 Å². The fourth-order valence-electron chi connectivity index (χ4n) is 2.46. The molecule has 1 heterocycles. The summed E-state index contributed by atoms with van der Waals surface area (Å²) in [7, 11) is 0. The molecule has 1 aliphatic carbocycles. The number of nitrogens with one attached hydrogen (secondary N) is 2. The van der Waals surface area contributed by atoms with E-state index in [2.05, 4.69) is 34.4 Å². The average molecular weight is 234 g/mol. The first-order valence-corrected chi connectivity index (χ1v) is 6.45. The summed E-state index contributed by atoms with van der Waals surface area (Å²) >= 11 is 0. The van der Waals surface area contributed by atoms with Crippen molar-refractivity contribution in [3.05, 3.63) is 12.3 Å². The Hall–Kier alpha value is -1.32. The van der Waals surface area contributed by atoms with Gasteiger partial charge in [-0.05, 0) is 31.2 Å². The number of rotatable bonds is 4. The van der Waals surface area contributed by atoms with Crippen LogP contribution in [0, 0.1) is 5.41 Å². The Balaban J connectivity index is 2.05. The Kier molecular flexibility index (Phi) is 3.50. The first kappa shape index (κ1) is 12.1. The molecule has 1 unspecified atom stereocenters. The quantitative estimate of drug-likeness (QED) is 0.841. The predicted octanol–water partition coefficient (Wildman–Crippen LogP) is 2.90. The lowest BCUT2D eigenvalue weighted by molar-refractivity contribution is 0.349. The van der Waals surface area contributed by atoms with Crippen molar-refractivity contribution in [3.8, 4) is 0 Å². The van der Waals surface area contributed by atoms with Crippen LogP contribution < -0.4 is 10.6 Å². The van der Waals surface area contributed by atoms with E-state index in [4.69, 9.17) is 0 Å². The maximum absolute atomic E-state index is 4.46. The van der Waals surface area contributed by atoms with Crippen LogP contribution in [-0.2, 0) is 0 Å². The lowest BCUT2D eigenvalue weighted by Crippen LogP contribution is -2.31. The van der Waals surface area contributed by atoms with Gasteiger partial charge in [0.25, 0.3) is 0 Å². The van der Waals surface area contributed by atoms with E-state index in [1.165, 1.54) is 19.3 Å². The van der Waals surface area contributed by atoms with E-state index in [0.717, 1.165) is 12.4 Å². The summed E-state index contributed by atoms with van der Waals surface area (Å²) in [4.78, 5) is 8.64. The van der Waals surface area contributed by atoms with Gasteiger partial charge in [0.2, 0.25) is 5.95 Å². The second-order valence-corrected chi connectivity index (χ2v) is 5.37. The number of anilines is 2. The Morgan fingerprint density at radius 1 is 1.47 bits per heavy atom. The van der Waals surface area contributed by atoms with E-state index < -0.39 is 0 Å². The Morgan fingerprint density at radius 3 is 2.94 bits per heavy atom. The SMILES string of the molecule is CCNc1nccc(NC2CCCC2(C)C)n1. The highest BCUT2D eigenvalue weighted by molar-refractivity contribution is 5.40. The average Bonchev–Trinajstić information content (AvgIpc) is 2.59. The van der Waals surface area contributed by atoms with Crippen molar-refractivity contribution >= 4 is 11.8 Å². The topological polar surface area (TPSA) is 49.8 Å². The van der Waals surface area contributed by atoms with Gasteiger partial charge >= 0.3 is 0 Å². The van der Waals surface area contributed by atoms with Crippen LogP contribution in [0.4, 0.5) is 11.8 Å². The van der Waals surface area contributed by atoms with Crippen molar-refractivity contribution in [1.29, 1.82) is 0 Å². The highest BCUT2D eigenvalue weighted by atomic mass is 15.1. The van der Waals surface area contributed by atoms with Crippen molar-refractivity contribution in [2.75, 3.05) is 17.2 Å². The molecule has 1 aliphatic rings. The number of aromatic nitrogens is 2. The molecule has 1 aromatic rings. The normalized spacial score (nSPS) is 22.4. The summed E-state index contributed by atoms with van der Waals surface area (Å²) in [6.45, 7) is 7.54. The molecule has 4 nitrogen and oxygen atoms in total. The van der Waals surface area contributed by atoms with Gasteiger partial charge in [0.05, 0.1) is 0 Å². The van der Waals surface area contributed by atoms with Gasteiger partial charge in [-0.2, -0.15) is 4.98 Å². The first-order chi connectivity index (χ1) is 8.12. The molecule has 0 aliphatic heterocycles. The molecule has 0 amide bonds. The van der Waals surface area contributed by atoms with E-state index in [9.17, 15) is 0 Å². The second-order valence-electron chi connectivity index (χ2n) is 5.37. The highest BCUT2D eigenvalue weighted by Gasteiger charge is 2.34. The molecular formula is C13H22N4. The van der Waals surface area contributed by atoms with Crippen molar-refractivity contribution in [2.45, 2.75) is 46.1 Å². The highest BCUT2D eigenvalue weighted by Crippen LogP contribution is 2.38. The van der Waals surface area contributed by atoms with Crippen LogP contribution in [0.5, 0.6) is 0 Å². The second kappa shape index (κ2) is 4.90. The zero-order chi connectivity index (χ0) is 12.3. The molecule has 0 bridgehead atoms. The molecule has 4 heteroatoms. The number of nitrogens with zero attached hydrogens (tertiary/aromatic N) is 2. The Morgan fingerprint density at radius 2 is 2.29 bits per heavy atom. The number of hydrogen-bond donors (Lipinski definition) is 2. The van der Waals surface area contributed by atoms with Crippen LogP contribution in [0.1, 0.15) is 40.0 Å². The van der Waals surface area contributed by atoms with E-state index in [0.29, 0.717) is 17.4 Å².